The summed E-state index contributed by atoms with van der Waals surface area (Å²) in [6.45, 7) is 10.9. The molecule has 4 heteroatoms. The van der Waals surface area contributed by atoms with Gasteiger partial charge < -0.3 is 9.80 Å². The van der Waals surface area contributed by atoms with E-state index in [-0.39, 0.29) is 5.91 Å². The Hall–Kier alpha value is -0.220. The van der Waals surface area contributed by atoms with Crippen LogP contribution in [0.4, 0.5) is 0 Å². The van der Waals surface area contributed by atoms with Gasteiger partial charge in [0.2, 0.25) is 5.91 Å². The number of hydrogen-bond acceptors (Lipinski definition) is 3. The molecule has 0 aromatic heterocycles. The number of nitrogens with zero attached hydrogens (tertiary/aromatic N) is 2. The van der Waals surface area contributed by atoms with Gasteiger partial charge in [-0.25, -0.2) is 0 Å². The number of carbonyl (C=O) groups is 1. The average Bonchev–Trinajstić information content (AvgIpc) is 2.31. The molecule has 0 aliphatic carbocycles. The highest BCUT2D eigenvalue weighted by molar-refractivity contribution is 7.99. The van der Waals surface area contributed by atoms with Gasteiger partial charge in [-0.2, -0.15) is 11.8 Å². The lowest BCUT2D eigenvalue weighted by atomic mass is 9.99. The van der Waals surface area contributed by atoms with Gasteiger partial charge in [0.05, 0.1) is 5.75 Å². The Bertz CT molecular complexity index is 250. The summed E-state index contributed by atoms with van der Waals surface area (Å²) in [4.78, 5) is 16.5. The second-order valence-corrected chi connectivity index (χ2v) is 6.50. The summed E-state index contributed by atoms with van der Waals surface area (Å²) in [6, 6.07) is 0.313. The largest absolute Gasteiger partial charge is 0.338 e. The Kier molecular flexibility index (Phi) is 7.08. The highest BCUT2D eigenvalue weighted by Crippen LogP contribution is 2.15. The van der Waals surface area contributed by atoms with Crippen molar-refractivity contribution in [2.75, 3.05) is 38.2 Å². The van der Waals surface area contributed by atoms with Crippen molar-refractivity contribution in [2.45, 2.75) is 39.7 Å². The van der Waals surface area contributed by atoms with E-state index in [1.165, 1.54) is 25.9 Å². The van der Waals surface area contributed by atoms with Crippen molar-refractivity contribution in [3.63, 3.8) is 0 Å². The summed E-state index contributed by atoms with van der Waals surface area (Å²) >= 11 is 1.61. The van der Waals surface area contributed by atoms with Crippen molar-refractivity contribution in [1.29, 1.82) is 0 Å². The van der Waals surface area contributed by atoms with E-state index in [0.29, 0.717) is 11.8 Å². The van der Waals surface area contributed by atoms with Crippen molar-refractivity contribution >= 4 is 17.7 Å². The Morgan fingerprint density at radius 3 is 2.50 bits per heavy atom. The molecular weight excluding hydrogens is 244 g/mol. The van der Waals surface area contributed by atoms with Crippen LogP contribution in [0.5, 0.6) is 0 Å². The fourth-order valence-electron chi connectivity index (χ4n) is 2.41. The first-order chi connectivity index (χ1) is 8.54. The molecular formula is C14H28N2OS. The van der Waals surface area contributed by atoms with E-state index in [2.05, 4.69) is 25.7 Å². The molecule has 1 fully saturated rings. The summed E-state index contributed by atoms with van der Waals surface area (Å²) in [5, 5.41) is 0. The maximum Gasteiger partial charge on any atom is 0.232 e. The third-order valence-corrected chi connectivity index (χ3v) is 4.28. The predicted molar refractivity (Wildman–Crippen MR) is 80.1 cm³/mol. The maximum absolute atomic E-state index is 12.0. The van der Waals surface area contributed by atoms with Crippen LogP contribution < -0.4 is 0 Å². The Morgan fingerprint density at radius 2 is 2.00 bits per heavy atom. The molecule has 1 amide bonds. The molecule has 0 aromatic rings. The van der Waals surface area contributed by atoms with Crippen LogP contribution in [-0.4, -0.2) is 59.9 Å². The zero-order valence-corrected chi connectivity index (χ0v) is 13.1. The van der Waals surface area contributed by atoms with Crippen LogP contribution >= 0.6 is 11.8 Å². The van der Waals surface area contributed by atoms with Crippen LogP contribution in [0.1, 0.15) is 33.6 Å². The minimum atomic E-state index is 0.280. The van der Waals surface area contributed by atoms with Crippen molar-refractivity contribution in [1.82, 2.24) is 9.80 Å². The molecule has 1 heterocycles. The van der Waals surface area contributed by atoms with Crippen molar-refractivity contribution < 1.29 is 4.79 Å². The topological polar surface area (TPSA) is 23.6 Å². The molecule has 0 spiro atoms. The zero-order valence-electron chi connectivity index (χ0n) is 12.3. The monoisotopic (exact) mass is 272 g/mol. The molecule has 0 bridgehead atoms. The fraction of sp³-hybridized carbons (Fsp3) is 0.929. The number of piperidine rings is 1. The molecule has 0 atom stereocenters. The van der Waals surface area contributed by atoms with Gasteiger partial charge in [-0.05, 0) is 52.0 Å². The summed E-state index contributed by atoms with van der Waals surface area (Å²) in [5.74, 6) is 1.76. The second kappa shape index (κ2) is 8.05. The normalized spacial score (nSPS) is 18.3. The lowest BCUT2D eigenvalue weighted by Gasteiger charge is -2.33. The number of rotatable bonds is 6. The Balaban J connectivity index is 2.35. The van der Waals surface area contributed by atoms with Crippen molar-refractivity contribution in [2.24, 2.45) is 5.92 Å². The van der Waals surface area contributed by atoms with Gasteiger partial charge in [-0.1, -0.05) is 6.92 Å². The molecule has 106 valence electrons. The van der Waals surface area contributed by atoms with Gasteiger partial charge in [0.15, 0.2) is 0 Å². The van der Waals surface area contributed by atoms with Crippen LogP contribution in [-0.2, 0) is 4.79 Å². The van der Waals surface area contributed by atoms with Crippen molar-refractivity contribution in [3.8, 4) is 0 Å². The Labute approximate surface area is 116 Å². The van der Waals surface area contributed by atoms with Crippen LogP contribution in [0.2, 0.25) is 0 Å². The van der Waals surface area contributed by atoms with E-state index in [0.717, 1.165) is 19.0 Å². The molecule has 0 unspecified atom stereocenters. The molecule has 0 saturated carbocycles. The number of amides is 1. The lowest BCUT2D eigenvalue weighted by molar-refractivity contribution is -0.130. The predicted octanol–water partition coefficient (Wildman–Crippen LogP) is 2.32. The first-order valence-corrected chi connectivity index (χ1v) is 8.44. The van der Waals surface area contributed by atoms with Gasteiger partial charge in [-0.3, -0.25) is 4.79 Å². The quantitative estimate of drug-likeness (QED) is 0.741. The van der Waals surface area contributed by atoms with Gasteiger partial charge >= 0.3 is 0 Å². The van der Waals surface area contributed by atoms with Gasteiger partial charge in [0.1, 0.15) is 0 Å². The van der Waals surface area contributed by atoms with Crippen LogP contribution in [0.25, 0.3) is 0 Å². The van der Waals surface area contributed by atoms with Crippen LogP contribution in [0.3, 0.4) is 0 Å². The Morgan fingerprint density at radius 1 is 1.39 bits per heavy atom. The molecule has 1 aliphatic rings. The summed E-state index contributed by atoms with van der Waals surface area (Å²) in [6.07, 6.45) is 4.60. The van der Waals surface area contributed by atoms with E-state index in [9.17, 15) is 4.79 Å². The van der Waals surface area contributed by atoms with Crippen molar-refractivity contribution in [3.05, 3.63) is 0 Å². The number of carbonyl (C=O) groups excluding carboxylic acids is 1. The minimum absolute atomic E-state index is 0.280. The second-order valence-electron chi connectivity index (χ2n) is 5.64. The third kappa shape index (κ3) is 5.19. The van der Waals surface area contributed by atoms with E-state index in [1.54, 1.807) is 11.8 Å². The first kappa shape index (κ1) is 15.8. The lowest BCUT2D eigenvalue weighted by Crippen LogP contribution is -2.44. The smallest absolute Gasteiger partial charge is 0.232 e. The van der Waals surface area contributed by atoms with E-state index < -0.39 is 0 Å². The summed E-state index contributed by atoms with van der Waals surface area (Å²) in [5.41, 5.74) is 0. The molecule has 1 rings (SSSR count). The molecule has 1 saturated heterocycles. The van der Waals surface area contributed by atoms with E-state index in [1.807, 2.05) is 11.2 Å². The summed E-state index contributed by atoms with van der Waals surface area (Å²) < 4.78 is 0. The van der Waals surface area contributed by atoms with Gasteiger partial charge in [-0.15, -0.1) is 0 Å². The SMILES string of the molecule is CSCC(=O)N(CCN1CCC(C)CC1)C(C)C. The van der Waals surface area contributed by atoms with E-state index in [4.69, 9.17) is 0 Å². The maximum atomic E-state index is 12.0. The third-order valence-electron chi connectivity index (χ3n) is 3.74. The number of likely N-dealkylation sites (tertiary alicyclic amines) is 1. The number of thioether (sulfide) groups is 1. The molecule has 18 heavy (non-hydrogen) atoms. The highest BCUT2D eigenvalue weighted by Gasteiger charge is 2.19. The molecule has 0 radical (unpaired) electrons. The molecule has 0 aromatic carbocycles. The van der Waals surface area contributed by atoms with Crippen LogP contribution in [0.15, 0.2) is 0 Å². The number of hydrogen-bond donors (Lipinski definition) is 0. The van der Waals surface area contributed by atoms with Gasteiger partial charge in [0, 0.05) is 19.1 Å². The zero-order chi connectivity index (χ0) is 13.5. The fourth-order valence-corrected chi connectivity index (χ4v) is 2.82. The highest BCUT2D eigenvalue weighted by atomic mass is 32.2. The molecule has 0 N–H and O–H groups in total. The standard InChI is InChI=1S/C14H28N2OS/c1-12(2)16(14(17)11-18-4)10-9-15-7-5-13(3)6-8-15/h12-13H,5-11H2,1-4H3. The van der Waals surface area contributed by atoms with Crippen LogP contribution in [0, 0.1) is 5.92 Å². The van der Waals surface area contributed by atoms with Gasteiger partial charge in [0.25, 0.3) is 0 Å². The molecule has 3 nitrogen and oxygen atoms in total. The minimum Gasteiger partial charge on any atom is -0.338 e. The molecule has 1 aliphatic heterocycles. The van der Waals surface area contributed by atoms with E-state index >= 15 is 0 Å². The average molecular weight is 272 g/mol. The first-order valence-electron chi connectivity index (χ1n) is 7.05. The summed E-state index contributed by atoms with van der Waals surface area (Å²) in [7, 11) is 0.